The Bertz CT molecular complexity index is 265. The number of anilines is 1. The van der Waals surface area contributed by atoms with Crippen molar-refractivity contribution in [3.63, 3.8) is 0 Å². The molecule has 2 N–H and O–H groups in total. The number of ether oxygens (including phenoxy) is 2. The molecule has 6 heteroatoms. The molecule has 0 fully saturated rings. The van der Waals surface area contributed by atoms with Crippen molar-refractivity contribution in [2.45, 2.75) is 13.0 Å². The first kappa shape index (κ1) is 14.0. The molecule has 0 saturated carbocycles. The maximum atomic E-state index is 8.54. The number of nitrogens with one attached hydrogen (secondary N) is 1. The summed E-state index contributed by atoms with van der Waals surface area (Å²) >= 11 is 0. The Morgan fingerprint density at radius 1 is 1.41 bits per heavy atom. The van der Waals surface area contributed by atoms with Gasteiger partial charge in [0, 0.05) is 26.5 Å². The van der Waals surface area contributed by atoms with E-state index >= 15 is 0 Å². The molecule has 0 amide bonds. The lowest BCUT2D eigenvalue weighted by Gasteiger charge is -2.03. The van der Waals surface area contributed by atoms with E-state index in [0.29, 0.717) is 19.8 Å². The van der Waals surface area contributed by atoms with Crippen LogP contribution in [0.3, 0.4) is 0 Å². The Labute approximate surface area is 102 Å². The zero-order valence-electron chi connectivity index (χ0n) is 10.3. The average Bonchev–Trinajstić information content (AvgIpc) is 2.78. The maximum Gasteiger partial charge on any atom is 0.0726 e. The van der Waals surface area contributed by atoms with E-state index in [2.05, 4.69) is 10.4 Å². The van der Waals surface area contributed by atoms with E-state index in [1.165, 1.54) is 0 Å². The van der Waals surface area contributed by atoms with Crippen molar-refractivity contribution in [2.75, 3.05) is 45.4 Å². The van der Waals surface area contributed by atoms with Crippen molar-refractivity contribution in [1.82, 2.24) is 9.78 Å². The van der Waals surface area contributed by atoms with Crippen LogP contribution in [-0.2, 0) is 16.0 Å². The number of hydrogen-bond acceptors (Lipinski definition) is 5. The second-order valence-electron chi connectivity index (χ2n) is 3.60. The Morgan fingerprint density at radius 2 is 2.29 bits per heavy atom. The number of hydrogen-bond donors (Lipinski definition) is 2. The lowest BCUT2D eigenvalue weighted by molar-refractivity contribution is 0.0854. The third-order valence-electron chi connectivity index (χ3n) is 2.19. The predicted octanol–water partition coefficient (Wildman–Crippen LogP) is 0.340. The van der Waals surface area contributed by atoms with Crippen LogP contribution in [0.15, 0.2) is 12.4 Å². The van der Waals surface area contributed by atoms with Crippen molar-refractivity contribution in [3.8, 4) is 0 Å². The Morgan fingerprint density at radius 3 is 3.06 bits per heavy atom. The molecule has 17 heavy (non-hydrogen) atoms. The van der Waals surface area contributed by atoms with Crippen molar-refractivity contribution < 1.29 is 14.6 Å². The fraction of sp³-hybridized carbons (Fsp3) is 0.727. The van der Waals surface area contributed by atoms with Gasteiger partial charge in [-0.25, -0.2) is 0 Å². The fourth-order valence-corrected chi connectivity index (χ4v) is 1.35. The first-order chi connectivity index (χ1) is 8.36. The molecular formula is C11H21N3O3. The summed E-state index contributed by atoms with van der Waals surface area (Å²) in [6.45, 7) is 3.33. The number of nitrogens with zero attached hydrogens (tertiary/aromatic N) is 2. The van der Waals surface area contributed by atoms with Crippen LogP contribution < -0.4 is 5.32 Å². The highest BCUT2D eigenvalue weighted by atomic mass is 16.5. The van der Waals surface area contributed by atoms with Crippen LogP contribution in [0.1, 0.15) is 6.42 Å². The summed E-state index contributed by atoms with van der Waals surface area (Å²) in [5.74, 6) is 0. The van der Waals surface area contributed by atoms with Crippen LogP contribution in [0.5, 0.6) is 0 Å². The normalized spacial score (nSPS) is 10.7. The molecule has 1 aromatic heterocycles. The first-order valence-electron chi connectivity index (χ1n) is 5.80. The van der Waals surface area contributed by atoms with Crippen LogP contribution in [0.4, 0.5) is 5.69 Å². The molecule has 0 bridgehead atoms. The van der Waals surface area contributed by atoms with E-state index in [9.17, 15) is 0 Å². The van der Waals surface area contributed by atoms with Gasteiger partial charge in [0.05, 0.1) is 38.2 Å². The SMILES string of the molecule is COCCCNc1cnn(CCOCCO)c1. The van der Waals surface area contributed by atoms with Crippen molar-refractivity contribution in [1.29, 1.82) is 0 Å². The van der Waals surface area contributed by atoms with Gasteiger partial charge in [0.2, 0.25) is 0 Å². The summed E-state index contributed by atoms with van der Waals surface area (Å²) in [4.78, 5) is 0. The second kappa shape index (κ2) is 8.98. The molecule has 0 aromatic carbocycles. The zero-order valence-corrected chi connectivity index (χ0v) is 10.3. The highest BCUT2D eigenvalue weighted by Gasteiger charge is 1.97. The van der Waals surface area contributed by atoms with Crippen LogP contribution in [-0.4, -0.2) is 55.0 Å². The summed E-state index contributed by atoms with van der Waals surface area (Å²) in [7, 11) is 1.70. The maximum absolute atomic E-state index is 8.54. The van der Waals surface area contributed by atoms with E-state index in [4.69, 9.17) is 14.6 Å². The van der Waals surface area contributed by atoms with Gasteiger partial charge in [-0.15, -0.1) is 0 Å². The summed E-state index contributed by atoms with van der Waals surface area (Å²) in [6, 6.07) is 0. The monoisotopic (exact) mass is 243 g/mol. The number of aromatic nitrogens is 2. The third kappa shape index (κ3) is 6.25. The second-order valence-corrected chi connectivity index (χ2v) is 3.60. The van der Waals surface area contributed by atoms with Gasteiger partial charge in [0.25, 0.3) is 0 Å². The van der Waals surface area contributed by atoms with Gasteiger partial charge in [-0.3, -0.25) is 4.68 Å². The van der Waals surface area contributed by atoms with Gasteiger partial charge in [0.15, 0.2) is 0 Å². The topological polar surface area (TPSA) is 68.5 Å². The molecule has 0 atom stereocenters. The predicted molar refractivity (Wildman–Crippen MR) is 65.1 cm³/mol. The van der Waals surface area contributed by atoms with E-state index < -0.39 is 0 Å². The molecule has 98 valence electrons. The molecular weight excluding hydrogens is 222 g/mol. The summed E-state index contributed by atoms with van der Waals surface area (Å²) in [5.41, 5.74) is 1.00. The number of aliphatic hydroxyl groups is 1. The molecule has 1 rings (SSSR count). The lowest BCUT2D eigenvalue weighted by Crippen LogP contribution is -2.08. The minimum absolute atomic E-state index is 0.0609. The molecule has 0 spiro atoms. The number of aliphatic hydroxyl groups excluding tert-OH is 1. The summed E-state index contributed by atoms with van der Waals surface area (Å²) in [6.07, 6.45) is 4.70. The van der Waals surface area contributed by atoms with E-state index in [-0.39, 0.29) is 6.61 Å². The van der Waals surface area contributed by atoms with Gasteiger partial charge < -0.3 is 19.9 Å². The average molecular weight is 243 g/mol. The quantitative estimate of drug-likeness (QED) is 0.580. The number of rotatable bonds is 10. The highest BCUT2D eigenvalue weighted by Crippen LogP contribution is 2.04. The molecule has 0 aliphatic heterocycles. The fourth-order valence-electron chi connectivity index (χ4n) is 1.35. The molecule has 1 heterocycles. The molecule has 1 aromatic rings. The minimum Gasteiger partial charge on any atom is -0.394 e. The summed E-state index contributed by atoms with van der Waals surface area (Å²) in [5, 5.41) is 16.0. The first-order valence-corrected chi connectivity index (χ1v) is 5.80. The zero-order chi connectivity index (χ0) is 12.3. The van der Waals surface area contributed by atoms with Crippen LogP contribution >= 0.6 is 0 Å². The van der Waals surface area contributed by atoms with E-state index in [1.54, 1.807) is 13.3 Å². The van der Waals surface area contributed by atoms with E-state index in [0.717, 1.165) is 25.3 Å². The molecule has 0 unspecified atom stereocenters. The Balaban J connectivity index is 2.14. The Hall–Kier alpha value is -1.11. The largest absolute Gasteiger partial charge is 0.394 e. The molecule has 6 nitrogen and oxygen atoms in total. The minimum atomic E-state index is 0.0609. The molecule has 0 saturated heterocycles. The van der Waals surface area contributed by atoms with Crippen LogP contribution in [0, 0.1) is 0 Å². The molecule has 0 aliphatic carbocycles. The summed E-state index contributed by atoms with van der Waals surface area (Å²) < 4.78 is 11.9. The van der Waals surface area contributed by atoms with Gasteiger partial charge in [-0.2, -0.15) is 5.10 Å². The molecule has 0 aliphatic rings. The Kier molecular flexibility index (Phi) is 7.37. The van der Waals surface area contributed by atoms with Crippen molar-refractivity contribution in [3.05, 3.63) is 12.4 Å². The standard InChI is InChI=1S/C11H21N3O3/c1-16-6-2-3-12-11-9-13-14(10-11)4-7-17-8-5-15/h9-10,12,15H,2-8H2,1H3. The molecule has 0 radical (unpaired) electrons. The van der Waals surface area contributed by atoms with Gasteiger partial charge in [-0.05, 0) is 6.42 Å². The lowest BCUT2D eigenvalue weighted by atomic mass is 10.4. The van der Waals surface area contributed by atoms with Crippen LogP contribution in [0.25, 0.3) is 0 Å². The highest BCUT2D eigenvalue weighted by molar-refractivity contribution is 5.37. The van der Waals surface area contributed by atoms with Gasteiger partial charge in [-0.1, -0.05) is 0 Å². The van der Waals surface area contributed by atoms with Gasteiger partial charge >= 0.3 is 0 Å². The van der Waals surface area contributed by atoms with E-state index in [1.807, 2.05) is 10.9 Å². The third-order valence-corrected chi connectivity index (χ3v) is 2.19. The smallest absolute Gasteiger partial charge is 0.0726 e. The van der Waals surface area contributed by atoms with Crippen LogP contribution in [0.2, 0.25) is 0 Å². The van der Waals surface area contributed by atoms with Crippen molar-refractivity contribution in [2.24, 2.45) is 0 Å². The van der Waals surface area contributed by atoms with Gasteiger partial charge in [0.1, 0.15) is 0 Å². The number of methoxy groups -OCH3 is 1. The van der Waals surface area contributed by atoms with Crippen molar-refractivity contribution >= 4 is 5.69 Å².